The molecule has 0 spiro atoms. The number of nitrogens with one attached hydrogen (secondary N) is 3. The van der Waals surface area contributed by atoms with E-state index in [0.29, 0.717) is 48.1 Å². The van der Waals surface area contributed by atoms with E-state index < -0.39 is 35.5 Å². The van der Waals surface area contributed by atoms with Gasteiger partial charge in [0.2, 0.25) is 11.8 Å². The summed E-state index contributed by atoms with van der Waals surface area (Å²) in [7, 11) is 0. The van der Waals surface area contributed by atoms with Crippen molar-refractivity contribution >= 4 is 52.6 Å². The molecular weight excluding hydrogens is 703 g/mol. The van der Waals surface area contributed by atoms with Crippen LogP contribution in [-0.4, -0.2) is 69.9 Å². The van der Waals surface area contributed by atoms with Gasteiger partial charge in [0.05, 0.1) is 27.9 Å². The number of H-pyrrole nitrogens is 1. The lowest BCUT2D eigenvalue weighted by Crippen LogP contribution is -2.54. The van der Waals surface area contributed by atoms with E-state index in [9.17, 15) is 24.0 Å². The van der Waals surface area contributed by atoms with Crippen LogP contribution in [0.5, 0.6) is 5.75 Å². The number of aromatic amines is 1. The first-order chi connectivity index (χ1) is 25.6. The van der Waals surface area contributed by atoms with E-state index >= 15 is 4.39 Å². The third-order valence-corrected chi connectivity index (χ3v) is 11.1. The Morgan fingerprint density at radius 3 is 2.36 bits per heavy atom. The van der Waals surface area contributed by atoms with Gasteiger partial charge in [-0.1, -0.05) is 35.9 Å². The van der Waals surface area contributed by atoms with Crippen LogP contribution >= 0.6 is 11.6 Å². The summed E-state index contributed by atoms with van der Waals surface area (Å²) in [5.41, 5.74) is 2.69. The average Bonchev–Trinajstić information content (AvgIpc) is 3.88. The molecule has 12 nitrogen and oxygen atoms in total. The zero-order valence-electron chi connectivity index (χ0n) is 28.6. The monoisotopic (exact) mass is 738 g/mol. The first-order valence-electron chi connectivity index (χ1n) is 17.8. The Bertz CT molecular complexity index is 2130. The van der Waals surface area contributed by atoms with E-state index in [2.05, 4.69) is 20.8 Å². The molecule has 4 aromatic rings. The van der Waals surface area contributed by atoms with Crippen LogP contribution in [0.3, 0.4) is 0 Å². The molecule has 53 heavy (non-hydrogen) atoms. The molecule has 2 saturated heterocycles. The van der Waals surface area contributed by atoms with Crippen LogP contribution in [0.2, 0.25) is 5.02 Å². The maximum atomic E-state index is 15.4. The van der Waals surface area contributed by atoms with Gasteiger partial charge in [-0.05, 0) is 86.4 Å². The number of fused-ring (bicyclic) bond motifs is 1. The van der Waals surface area contributed by atoms with Crippen LogP contribution in [0.4, 0.5) is 15.9 Å². The SMILES string of the molecule is O=C1CCC(N2C(=O)c3cc(F)c(N4CCC(c5ccc(C(=O)Nc6cc([C@H]7CC[C@@H](Oc8ccccc8Cl)C7)[nH]n6)cc5)CC4)cc3C2=O)C(=O)N1. The standard InChI is InChI=1S/C39H36ClFN6O6/c40-28-3-1-2-4-33(28)53-25-10-9-24(17-25)30-20-34(45-44-30)42-36(49)23-7-5-21(6-8-23)22-13-15-46(16-14-22)32-19-27-26(18-29(32)41)38(51)47(39(27)52)31-11-12-35(48)43-37(31)50/h1-8,18-20,22,24-25,31H,9-17H2,(H,43,48,50)(H2,42,44,45,49)/t24-,25+,31?/m0/s1. The number of piperidine rings is 2. The predicted octanol–water partition coefficient (Wildman–Crippen LogP) is 5.95. The number of imide groups is 2. The van der Waals surface area contributed by atoms with E-state index in [-0.39, 0.29) is 53.5 Å². The first kappa shape index (κ1) is 34.5. The molecule has 3 fully saturated rings. The topological polar surface area (TPSA) is 154 Å². The summed E-state index contributed by atoms with van der Waals surface area (Å²) < 4.78 is 21.5. The van der Waals surface area contributed by atoms with E-state index in [1.165, 1.54) is 6.07 Å². The fourth-order valence-electron chi connectivity index (χ4n) is 7.93. The number of nitrogens with zero attached hydrogens (tertiary/aromatic N) is 3. The van der Waals surface area contributed by atoms with Gasteiger partial charge in [0, 0.05) is 42.8 Å². The number of halogens is 2. The Labute approximate surface area is 309 Å². The molecule has 1 unspecified atom stereocenters. The molecule has 1 saturated carbocycles. The Balaban J connectivity index is 0.850. The van der Waals surface area contributed by atoms with Crippen molar-refractivity contribution in [2.75, 3.05) is 23.3 Å². The predicted molar refractivity (Wildman–Crippen MR) is 193 cm³/mol. The summed E-state index contributed by atoms with van der Waals surface area (Å²) >= 11 is 6.26. The minimum absolute atomic E-state index is 0.00508. The zero-order valence-corrected chi connectivity index (χ0v) is 29.3. The minimum atomic E-state index is -1.12. The average molecular weight is 739 g/mol. The summed E-state index contributed by atoms with van der Waals surface area (Å²) in [6, 6.07) is 18.1. The number of para-hydroxylation sites is 1. The quantitative estimate of drug-likeness (QED) is 0.187. The zero-order chi connectivity index (χ0) is 36.8. The Kier molecular flexibility index (Phi) is 9.19. The number of carbonyl (C=O) groups excluding carboxylic acids is 5. The van der Waals surface area contributed by atoms with Crippen LogP contribution in [0.25, 0.3) is 0 Å². The van der Waals surface area contributed by atoms with Gasteiger partial charge in [0.25, 0.3) is 17.7 Å². The van der Waals surface area contributed by atoms with Crippen molar-refractivity contribution < 1.29 is 33.1 Å². The van der Waals surface area contributed by atoms with Crippen molar-refractivity contribution in [1.82, 2.24) is 20.4 Å². The molecule has 1 aromatic heterocycles. The number of amides is 5. The Morgan fingerprint density at radius 2 is 1.62 bits per heavy atom. The lowest BCUT2D eigenvalue weighted by atomic mass is 9.88. The van der Waals surface area contributed by atoms with Crippen molar-refractivity contribution in [1.29, 1.82) is 0 Å². The number of anilines is 2. The highest BCUT2D eigenvalue weighted by molar-refractivity contribution is 6.32. The Morgan fingerprint density at radius 1 is 0.887 bits per heavy atom. The summed E-state index contributed by atoms with van der Waals surface area (Å²) in [5.74, 6) is -1.94. The van der Waals surface area contributed by atoms with Crippen molar-refractivity contribution in [3.05, 3.63) is 106 Å². The Hall–Kier alpha value is -5.56. The van der Waals surface area contributed by atoms with Gasteiger partial charge >= 0.3 is 0 Å². The molecule has 14 heteroatoms. The summed E-state index contributed by atoms with van der Waals surface area (Å²) in [6.45, 7) is 1.02. The highest BCUT2D eigenvalue weighted by atomic mass is 35.5. The van der Waals surface area contributed by atoms with Crippen LogP contribution in [0, 0.1) is 5.82 Å². The highest BCUT2D eigenvalue weighted by Gasteiger charge is 2.45. The molecule has 8 rings (SSSR count). The van der Waals surface area contributed by atoms with Crippen LogP contribution < -0.4 is 20.3 Å². The highest BCUT2D eigenvalue weighted by Crippen LogP contribution is 2.39. The normalized spacial score (nSPS) is 21.9. The molecule has 3 N–H and O–H groups in total. The van der Waals surface area contributed by atoms with Crippen molar-refractivity contribution in [2.45, 2.75) is 68.9 Å². The number of aromatic nitrogens is 2. The molecule has 4 heterocycles. The van der Waals surface area contributed by atoms with Gasteiger partial charge in [-0.15, -0.1) is 0 Å². The van der Waals surface area contributed by atoms with Gasteiger partial charge in [-0.25, -0.2) is 4.39 Å². The number of carbonyl (C=O) groups is 5. The van der Waals surface area contributed by atoms with Crippen molar-refractivity contribution in [3.8, 4) is 5.75 Å². The van der Waals surface area contributed by atoms with Gasteiger partial charge in [-0.2, -0.15) is 5.10 Å². The third-order valence-electron chi connectivity index (χ3n) is 10.8. The summed E-state index contributed by atoms with van der Waals surface area (Å²) in [4.78, 5) is 66.1. The lowest BCUT2D eigenvalue weighted by molar-refractivity contribution is -0.136. The largest absolute Gasteiger partial charge is 0.489 e. The maximum absolute atomic E-state index is 15.4. The second-order valence-corrected chi connectivity index (χ2v) is 14.4. The van der Waals surface area contributed by atoms with Crippen molar-refractivity contribution in [2.24, 2.45) is 0 Å². The summed E-state index contributed by atoms with van der Waals surface area (Å²) in [5, 5.41) is 13.0. The second kappa shape index (κ2) is 14.1. The molecule has 0 bridgehead atoms. The van der Waals surface area contributed by atoms with Gasteiger partial charge in [-0.3, -0.25) is 39.3 Å². The fourth-order valence-corrected chi connectivity index (χ4v) is 8.11. The second-order valence-electron chi connectivity index (χ2n) is 14.0. The lowest BCUT2D eigenvalue weighted by Gasteiger charge is -2.34. The first-order valence-corrected chi connectivity index (χ1v) is 18.2. The van der Waals surface area contributed by atoms with E-state index in [1.807, 2.05) is 47.4 Å². The van der Waals surface area contributed by atoms with Gasteiger partial charge in [0.15, 0.2) is 5.82 Å². The van der Waals surface area contributed by atoms with E-state index in [0.717, 1.165) is 41.5 Å². The molecule has 4 aliphatic rings. The van der Waals surface area contributed by atoms with E-state index in [4.69, 9.17) is 16.3 Å². The number of benzene rings is 3. The smallest absolute Gasteiger partial charge is 0.262 e. The number of hydrogen-bond acceptors (Lipinski definition) is 8. The maximum Gasteiger partial charge on any atom is 0.262 e. The van der Waals surface area contributed by atoms with Crippen molar-refractivity contribution in [3.63, 3.8) is 0 Å². The molecule has 0 radical (unpaired) electrons. The van der Waals surface area contributed by atoms with Gasteiger partial charge < -0.3 is 15.0 Å². The fraction of sp³-hybridized carbons (Fsp3) is 0.333. The molecule has 3 aromatic carbocycles. The number of rotatable bonds is 8. The number of ether oxygens (including phenoxy) is 1. The minimum Gasteiger partial charge on any atom is -0.489 e. The number of hydrogen-bond donors (Lipinski definition) is 3. The van der Waals surface area contributed by atoms with Gasteiger partial charge in [0.1, 0.15) is 17.6 Å². The van der Waals surface area contributed by atoms with E-state index in [1.54, 1.807) is 12.1 Å². The molecule has 1 aliphatic carbocycles. The third kappa shape index (κ3) is 6.76. The van der Waals surface area contributed by atoms with Crippen LogP contribution in [-0.2, 0) is 9.59 Å². The molecular formula is C39H36ClFN6O6. The molecule has 5 amide bonds. The molecule has 3 aliphatic heterocycles. The van der Waals surface area contributed by atoms with Crippen LogP contribution in [0.1, 0.15) is 99.1 Å². The summed E-state index contributed by atoms with van der Waals surface area (Å²) in [6.07, 6.45) is 4.13. The molecule has 272 valence electrons. The van der Waals surface area contributed by atoms with Crippen LogP contribution in [0.15, 0.2) is 66.7 Å². The molecule has 3 atom stereocenters.